The molecule has 3 nitrogen and oxygen atoms in total. The van der Waals surface area contributed by atoms with Crippen molar-refractivity contribution < 1.29 is 8.78 Å². The molecule has 0 rings (SSSR count). The van der Waals surface area contributed by atoms with Crippen molar-refractivity contribution in [2.24, 2.45) is 11.8 Å². The molecular formula is C23H35F2N3. The summed E-state index contributed by atoms with van der Waals surface area (Å²) in [6.45, 7) is 16.1. The molecule has 0 saturated carbocycles. The molecule has 0 saturated heterocycles. The lowest BCUT2D eigenvalue weighted by Gasteiger charge is -2.22. The summed E-state index contributed by atoms with van der Waals surface area (Å²) in [7, 11) is 0. The van der Waals surface area contributed by atoms with Crippen molar-refractivity contribution in [3.8, 4) is 6.07 Å². The van der Waals surface area contributed by atoms with Crippen molar-refractivity contribution in [2.75, 3.05) is 6.54 Å². The Morgan fingerprint density at radius 3 is 2.32 bits per heavy atom. The number of nitriles is 1. The zero-order valence-corrected chi connectivity index (χ0v) is 18.1. The van der Waals surface area contributed by atoms with Crippen LogP contribution in [0, 0.1) is 23.2 Å². The van der Waals surface area contributed by atoms with E-state index >= 15 is 0 Å². The third kappa shape index (κ3) is 8.22. The summed E-state index contributed by atoms with van der Waals surface area (Å²) in [5, 5.41) is 9.78. The van der Waals surface area contributed by atoms with Crippen LogP contribution in [0.2, 0.25) is 0 Å². The van der Waals surface area contributed by atoms with Crippen LogP contribution in [-0.2, 0) is 0 Å². The molecule has 0 spiro atoms. The number of nitrogens with one attached hydrogen (secondary N) is 2. The van der Waals surface area contributed by atoms with Gasteiger partial charge in [0.25, 0.3) is 0 Å². The van der Waals surface area contributed by atoms with Gasteiger partial charge in [0, 0.05) is 17.8 Å². The fraction of sp³-hybridized carbons (Fsp3) is 0.522. The van der Waals surface area contributed by atoms with Crippen LogP contribution in [0.1, 0.15) is 60.8 Å². The molecule has 0 aromatic rings. The Hall–Kier alpha value is -2.19. The van der Waals surface area contributed by atoms with E-state index in [9.17, 15) is 14.0 Å². The minimum atomic E-state index is -0.902. The van der Waals surface area contributed by atoms with Gasteiger partial charge in [-0.05, 0) is 55.7 Å². The fourth-order valence-corrected chi connectivity index (χ4v) is 2.90. The number of unbranched alkanes of at least 4 members (excludes halogenated alkanes) is 1. The Balaban J connectivity index is 5.68. The number of halogens is 2. The molecule has 156 valence electrons. The highest BCUT2D eigenvalue weighted by atomic mass is 19.2. The summed E-state index contributed by atoms with van der Waals surface area (Å²) in [4.78, 5) is 0. The van der Waals surface area contributed by atoms with E-state index in [1.165, 1.54) is 6.08 Å². The van der Waals surface area contributed by atoms with Gasteiger partial charge in [-0.3, -0.25) is 0 Å². The minimum absolute atomic E-state index is 0.0549. The van der Waals surface area contributed by atoms with Crippen LogP contribution in [0.25, 0.3) is 0 Å². The Morgan fingerprint density at radius 2 is 1.86 bits per heavy atom. The summed E-state index contributed by atoms with van der Waals surface area (Å²) >= 11 is 0. The molecule has 28 heavy (non-hydrogen) atoms. The smallest absolute Gasteiger partial charge is 0.161 e. The maximum atomic E-state index is 14.4. The normalized spacial score (nSPS) is 15.2. The lowest BCUT2D eigenvalue weighted by Crippen LogP contribution is -2.33. The van der Waals surface area contributed by atoms with E-state index in [0.29, 0.717) is 11.3 Å². The van der Waals surface area contributed by atoms with Crippen molar-refractivity contribution in [1.82, 2.24) is 10.9 Å². The molecule has 0 fully saturated rings. The number of hydrazine groups is 1. The Bertz CT molecular complexity index is 676. The van der Waals surface area contributed by atoms with Crippen molar-refractivity contribution in [3.63, 3.8) is 0 Å². The monoisotopic (exact) mass is 391 g/mol. The second-order valence-corrected chi connectivity index (χ2v) is 7.06. The van der Waals surface area contributed by atoms with Gasteiger partial charge in [0.15, 0.2) is 11.7 Å². The molecule has 2 N–H and O–H groups in total. The van der Waals surface area contributed by atoms with Gasteiger partial charge in [-0.2, -0.15) is 5.26 Å². The highest BCUT2D eigenvalue weighted by Crippen LogP contribution is 2.32. The van der Waals surface area contributed by atoms with Crippen LogP contribution >= 0.6 is 0 Å². The van der Waals surface area contributed by atoms with Gasteiger partial charge in [-0.25, -0.2) is 14.2 Å². The zero-order chi connectivity index (χ0) is 21.7. The zero-order valence-electron chi connectivity index (χ0n) is 18.1. The average Bonchev–Trinajstić information content (AvgIpc) is 2.66. The van der Waals surface area contributed by atoms with E-state index in [0.717, 1.165) is 31.0 Å². The van der Waals surface area contributed by atoms with Crippen molar-refractivity contribution >= 4 is 0 Å². The van der Waals surface area contributed by atoms with Crippen molar-refractivity contribution in [3.05, 3.63) is 58.9 Å². The van der Waals surface area contributed by atoms with Gasteiger partial charge >= 0.3 is 0 Å². The van der Waals surface area contributed by atoms with Gasteiger partial charge in [0.05, 0.1) is 6.07 Å². The number of rotatable bonds is 12. The summed E-state index contributed by atoms with van der Waals surface area (Å²) in [6.07, 6.45) is 6.42. The van der Waals surface area contributed by atoms with Crippen molar-refractivity contribution in [1.29, 1.82) is 5.26 Å². The first-order valence-corrected chi connectivity index (χ1v) is 9.90. The highest BCUT2D eigenvalue weighted by molar-refractivity contribution is 5.43. The topological polar surface area (TPSA) is 47.8 Å². The van der Waals surface area contributed by atoms with Crippen LogP contribution in [0.4, 0.5) is 8.78 Å². The average molecular weight is 392 g/mol. The molecule has 0 aliphatic rings. The van der Waals surface area contributed by atoms with Crippen LogP contribution < -0.4 is 10.9 Å². The Labute approximate surface area is 169 Å². The molecule has 0 bridgehead atoms. The molecule has 1 unspecified atom stereocenters. The molecule has 5 heteroatoms. The van der Waals surface area contributed by atoms with Gasteiger partial charge in [-0.1, -0.05) is 52.8 Å². The van der Waals surface area contributed by atoms with Gasteiger partial charge in [0.1, 0.15) is 0 Å². The summed E-state index contributed by atoms with van der Waals surface area (Å²) in [6, 6.07) is 2.27. The second kappa shape index (κ2) is 13.9. The fourth-order valence-electron chi connectivity index (χ4n) is 2.90. The molecule has 0 amide bonds. The SMILES string of the molecule is C=C(NNCCCC)/C(=C(/C#N)C(C)CC(=C/C)/C(F)=C(F)\C=C/C)C(C)C. The highest BCUT2D eigenvalue weighted by Gasteiger charge is 2.22. The first kappa shape index (κ1) is 25.8. The van der Waals surface area contributed by atoms with E-state index in [-0.39, 0.29) is 23.8 Å². The van der Waals surface area contributed by atoms with E-state index < -0.39 is 11.7 Å². The second-order valence-electron chi connectivity index (χ2n) is 7.06. The number of hydrogen-bond donors (Lipinski definition) is 2. The molecule has 0 aliphatic carbocycles. The predicted molar refractivity (Wildman–Crippen MR) is 114 cm³/mol. The first-order chi connectivity index (χ1) is 13.2. The van der Waals surface area contributed by atoms with Crippen LogP contribution in [0.5, 0.6) is 0 Å². The van der Waals surface area contributed by atoms with Gasteiger partial charge in [0.2, 0.25) is 0 Å². The van der Waals surface area contributed by atoms with Gasteiger partial charge < -0.3 is 5.43 Å². The van der Waals surface area contributed by atoms with E-state index in [4.69, 9.17) is 0 Å². The van der Waals surface area contributed by atoms with Crippen molar-refractivity contribution in [2.45, 2.75) is 60.8 Å². The van der Waals surface area contributed by atoms with Crippen LogP contribution in [0.3, 0.4) is 0 Å². The van der Waals surface area contributed by atoms with E-state index in [1.807, 2.05) is 20.8 Å². The quantitative estimate of drug-likeness (QED) is 0.171. The molecule has 0 radical (unpaired) electrons. The summed E-state index contributed by atoms with van der Waals surface area (Å²) in [5.41, 5.74) is 8.39. The molecular weight excluding hydrogens is 356 g/mol. The molecule has 0 aromatic carbocycles. The summed E-state index contributed by atoms with van der Waals surface area (Å²) < 4.78 is 28.2. The van der Waals surface area contributed by atoms with E-state index in [2.05, 4.69) is 30.4 Å². The summed E-state index contributed by atoms with van der Waals surface area (Å²) in [5.74, 6) is -2.01. The largest absolute Gasteiger partial charge is 0.322 e. The molecule has 0 aliphatic heterocycles. The number of allylic oxidation sites excluding steroid dienone is 8. The molecule has 0 aromatic heterocycles. The minimum Gasteiger partial charge on any atom is -0.322 e. The molecule has 0 heterocycles. The lowest BCUT2D eigenvalue weighted by molar-refractivity contribution is 0.540. The number of hydrogen-bond acceptors (Lipinski definition) is 3. The predicted octanol–water partition coefficient (Wildman–Crippen LogP) is 6.57. The van der Waals surface area contributed by atoms with E-state index in [1.54, 1.807) is 19.9 Å². The first-order valence-electron chi connectivity index (χ1n) is 9.90. The van der Waals surface area contributed by atoms with Gasteiger partial charge in [-0.15, -0.1) is 0 Å². The Morgan fingerprint density at radius 1 is 1.21 bits per heavy atom. The maximum absolute atomic E-state index is 14.4. The maximum Gasteiger partial charge on any atom is 0.161 e. The Kier molecular flexibility index (Phi) is 12.8. The number of nitrogens with zero attached hydrogens (tertiary/aromatic N) is 1. The standard InChI is InChI=1S/C23H35F2N3/c1-8-11-13-27-28-18(7)22(16(4)5)20(15-26)17(6)14-19(10-3)23(25)21(24)12-9-2/h9-10,12,16-17,27-28H,7-8,11,13-14H2,1-6H3/b12-9-,19-10-,22-20-,23-21-. The third-order valence-electron chi connectivity index (χ3n) is 4.38. The third-order valence-corrected chi connectivity index (χ3v) is 4.38. The molecule has 1 atom stereocenters. The lowest BCUT2D eigenvalue weighted by atomic mass is 9.85. The van der Waals surface area contributed by atoms with Crippen LogP contribution in [0.15, 0.2) is 58.9 Å². The van der Waals surface area contributed by atoms with Crippen LogP contribution in [-0.4, -0.2) is 6.54 Å².